The van der Waals surface area contributed by atoms with E-state index in [1.807, 2.05) is 42.8 Å². The fourth-order valence-corrected chi connectivity index (χ4v) is 5.95. The highest BCUT2D eigenvalue weighted by atomic mass is 32.2. The molecule has 4 rings (SSSR count). The second-order valence-electron chi connectivity index (χ2n) is 10.3. The topological polar surface area (TPSA) is 71.6 Å². The maximum atomic E-state index is 13.2. The van der Waals surface area contributed by atoms with Crippen molar-refractivity contribution in [1.82, 2.24) is 9.78 Å². The molecule has 1 aromatic heterocycles. The zero-order valence-electron chi connectivity index (χ0n) is 21.5. The van der Waals surface area contributed by atoms with Gasteiger partial charge in [-0.25, -0.2) is 9.08 Å². The second kappa shape index (κ2) is 12.0. The van der Waals surface area contributed by atoms with Gasteiger partial charge < -0.3 is 5.32 Å². The molecule has 0 saturated heterocycles. The minimum Gasteiger partial charge on any atom is -0.326 e. The summed E-state index contributed by atoms with van der Waals surface area (Å²) in [5.41, 5.74) is 4.21. The van der Waals surface area contributed by atoms with E-state index < -0.39 is 0 Å². The molecule has 7 heteroatoms. The second-order valence-corrected chi connectivity index (χ2v) is 10.9. The summed E-state index contributed by atoms with van der Waals surface area (Å²) in [7, 11) is 0. The Labute approximate surface area is 215 Å². The van der Waals surface area contributed by atoms with Gasteiger partial charge in [0.15, 0.2) is 0 Å². The van der Waals surface area contributed by atoms with Crippen LogP contribution >= 0.6 is 11.9 Å². The number of nitrogens with one attached hydrogen (secondary N) is 1. The van der Waals surface area contributed by atoms with Gasteiger partial charge >= 0.3 is 0 Å². The normalized spacial score (nSPS) is 26.8. The van der Waals surface area contributed by atoms with Crippen LogP contribution in [0.3, 0.4) is 0 Å². The van der Waals surface area contributed by atoms with Crippen LogP contribution in [-0.4, -0.2) is 39.4 Å². The molecule has 1 aromatic carbocycles. The molecule has 2 heterocycles. The lowest BCUT2D eigenvalue weighted by Crippen LogP contribution is -2.32. The largest absolute Gasteiger partial charge is 0.326 e. The first-order chi connectivity index (χ1) is 17.0. The van der Waals surface area contributed by atoms with E-state index in [1.165, 1.54) is 11.4 Å². The van der Waals surface area contributed by atoms with Gasteiger partial charge in [0.1, 0.15) is 0 Å². The van der Waals surface area contributed by atoms with Crippen molar-refractivity contribution < 1.29 is 6.22 Å². The van der Waals surface area contributed by atoms with E-state index in [1.54, 1.807) is 22.8 Å². The molecule has 1 aliphatic carbocycles. The number of carbonyl (C=O) groups excluding carboxylic acids is 1. The lowest BCUT2D eigenvalue weighted by atomic mass is 9.80. The summed E-state index contributed by atoms with van der Waals surface area (Å²) in [4.78, 5) is 18.4. The van der Waals surface area contributed by atoms with E-state index in [0.29, 0.717) is 23.8 Å². The number of anilines is 1. The Morgan fingerprint density at radius 1 is 1.17 bits per heavy atom. The molecule has 6 nitrogen and oxygen atoms in total. The van der Waals surface area contributed by atoms with Gasteiger partial charge in [-0.05, 0) is 87.6 Å². The van der Waals surface area contributed by atoms with Crippen LogP contribution in [0.5, 0.6) is 0 Å². The summed E-state index contributed by atoms with van der Waals surface area (Å²) >= 11 is 1.56. The van der Waals surface area contributed by atoms with E-state index >= 15 is 0 Å². The zero-order valence-corrected chi connectivity index (χ0v) is 22.3. The average molecular weight is 496 g/mol. The van der Waals surface area contributed by atoms with Crippen LogP contribution in [0.2, 0.25) is 0 Å². The predicted molar refractivity (Wildman–Crippen MR) is 150 cm³/mol. The fourth-order valence-electron chi connectivity index (χ4n) is 5.52. The number of aromatic nitrogens is 2. The molecule has 1 N–H and O–H groups in total. The SMILES string of the molecule is CS/N=C1/C(C2CCCC(C(=O)Nc3cccc(-n4cccn4)c3)CC2)=NC(C)CCC1C(C)C.[HH]. The van der Waals surface area contributed by atoms with Crippen molar-refractivity contribution >= 4 is 35.0 Å². The van der Waals surface area contributed by atoms with Gasteiger partial charge in [-0.15, -0.1) is 0 Å². The van der Waals surface area contributed by atoms with E-state index in [0.717, 1.165) is 56.3 Å². The maximum Gasteiger partial charge on any atom is 0.227 e. The van der Waals surface area contributed by atoms with Crippen LogP contribution in [0.15, 0.2) is 52.1 Å². The van der Waals surface area contributed by atoms with E-state index in [4.69, 9.17) is 9.39 Å². The summed E-state index contributed by atoms with van der Waals surface area (Å²) in [6.45, 7) is 6.86. The summed E-state index contributed by atoms with van der Waals surface area (Å²) in [5, 5.41) is 7.46. The molecule has 1 fully saturated rings. The first kappa shape index (κ1) is 25.7. The molecule has 0 radical (unpaired) electrons. The highest BCUT2D eigenvalue weighted by Gasteiger charge is 2.34. The van der Waals surface area contributed by atoms with Crippen molar-refractivity contribution in [1.29, 1.82) is 0 Å². The van der Waals surface area contributed by atoms with E-state index in [9.17, 15) is 4.79 Å². The van der Waals surface area contributed by atoms with Gasteiger partial charge in [0, 0.05) is 49.6 Å². The minimum absolute atomic E-state index is 0. The number of amides is 1. The third-order valence-corrected chi connectivity index (χ3v) is 7.85. The Kier molecular flexibility index (Phi) is 8.82. The molecular weight excluding hydrogens is 454 g/mol. The van der Waals surface area contributed by atoms with Crippen LogP contribution in [0.4, 0.5) is 5.69 Å². The summed E-state index contributed by atoms with van der Waals surface area (Å²) in [6, 6.07) is 10.1. The fraction of sp³-hybridized carbons (Fsp3) is 0.571. The Hall–Kier alpha value is -2.41. The summed E-state index contributed by atoms with van der Waals surface area (Å²) in [6.07, 6.45) is 12.9. The summed E-state index contributed by atoms with van der Waals surface area (Å²) < 4.78 is 6.73. The Morgan fingerprint density at radius 2 is 2.03 bits per heavy atom. The molecule has 0 spiro atoms. The average Bonchev–Trinajstić information content (AvgIpc) is 3.19. The Bertz CT molecular complexity index is 1050. The lowest BCUT2D eigenvalue weighted by molar-refractivity contribution is -0.120. The standard InChI is InChI=1S/C28H39N5OS.H2/c1-19(2)25-15-12-20(3)30-26(27(25)32-35-4)21-8-5-9-22(14-13-21)28(34)31-23-10-6-11-24(18-23)33-17-7-16-29-33;/h6-7,10-11,16-22,25H,5,8-9,12-15H2,1-4H3,(H,31,34);1H/b32-27+;. The van der Waals surface area contributed by atoms with Crippen molar-refractivity contribution in [3.63, 3.8) is 0 Å². The van der Waals surface area contributed by atoms with Crippen molar-refractivity contribution in [2.45, 2.75) is 71.8 Å². The smallest absolute Gasteiger partial charge is 0.227 e. The molecule has 1 aliphatic heterocycles. The molecular formula is C28H41N5OS. The van der Waals surface area contributed by atoms with Gasteiger partial charge in [0.2, 0.25) is 5.91 Å². The highest BCUT2D eigenvalue weighted by Crippen LogP contribution is 2.34. The third kappa shape index (κ3) is 6.43. The quantitative estimate of drug-likeness (QED) is 0.351. The molecule has 2 aliphatic rings. The molecule has 4 atom stereocenters. The van der Waals surface area contributed by atoms with E-state index in [-0.39, 0.29) is 13.3 Å². The number of carbonyl (C=O) groups is 1. The first-order valence-electron chi connectivity index (χ1n) is 13.1. The number of benzene rings is 1. The van der Waals surface area contributed by atoms with Crippen LogP contribution in [0.25, 0.3) is 5.69 Å². The highest BCUT2D eigenvalue weighted by molar-refractivity contribution is 7.97. The number of aliphatic imine (C=N–C) groups is 1. The van der Waals surface area contributed by atoms with Crippen LogP contribution in [-0.2, 0) is 4.79 Å². The van der Waals surface area contributed by atoms with Crippen LogP contribution in [0, 0.1) is 23.7 Å². The lowest BCUT2D eigenvalue weighted by Gasteiger charge is -2.25. The number of hydrogen-bond acceptors (Lipinski definition) is 5. The minimum atomic E-state index is 0. The monoisotopic (exact) mass is 495 g/mol. The number of rotatable bonds is 6. The zero-order chi connectivity index (χ0) is 24.8. The molecule has 35 heavy (non-hydrogen) atoms. The van der Waals surface area contributed by atoms with Crippen molar-refractivity contribution in [3.8, 4) is 5.69 Å². The maximum absolute atomic E-state index is 13.2. The Balaban J connectivity index is 0.00000361. The number of hydrogen-bond donors (Lipinski definition) is 1. The molecule has 2 aromatic rings. The van der Waals surface area contributed by atoms with Crippen molar-refractivity contribution in [2.24, 2.45) is 33.1 Å². The van der Waals surface area contributed by atoms with Gasteiger partial charge in [0.05, 0.1) is 17.1 Å². The molecule has 1 saturated carbocycles. The summed E-state index contributed by atoms with van der Waals surface area (Å²) in [5.74, 6) is 1.56. The predicted octanol–water partition coefficient (Wildman–Crippen LogP) is 6.87. The Morgan fingerprint density at radius 3 is 2.77 bits per heavy atom. The van der Waals surface area contributed by atoms with Gasteiger partial charge in [-0.1, -0.05) is 26.3 Å². The molecule has 0 bridgehead atoms. The van der Waals surface area contributed by atoms with E-state index in [2.05, 4.69) is 31.2 Å². The van der Waals surface area contributed by atoms with Gasteiger partial charge in [0.25, 0.3) is 0 Å². The van der Waals surface area contributed by atoms with Gasteiger partial charge in [-0.3, -0.25) is 9.79 Å². The first-order valence-corrected chi connectivity index (χ1v) is 14.2. The van der Waals surface area contributed by atoms with Gasteiger partial charge in [-0.2, -0.15) is 5.10 Å². The van der Waals surface area contributed by atoms with Crippen molar-refractivity contribution in [3.05, 3.63) is 42.7 Å². The van der Waals surface area contributed by atoms with Crippen LogP contribution in [0.1, 0.15) is 67.1 Å². The van der Waals surface area contributed by atoms with Crippen LogP contribution < -0.4 is 5.32 Å². The molecule has 4 unspecified atom stereocenters. The molecule has 190 valence electrons. The van der Waals surface area contributed by atoms with Crippen molar-refractivity contribution in [2.75, 3.05) is 11.6 Å². The third-order valence-electron chi connectivity index (χ3n) is 7.47. The number of nitrogens with zero attached hydrogens (tertiary/aromatic N) is 4. The molecule has 1 amide bonds.